The summed E-state index contributed by atoms with van der Waals surface area (Å²) in [5, 5.41) is 2.38. The molecule has 0 atom stereocenters. The van der Waals surface area contributed by atoms with E-state index in [9.17, 15) is 22.4 Å². The topological polar surface area (TPSA) is 55.1 Å². The van der Waals surface area contributed by atoms with Crippen LogP contribution in [-0.4, -0.2) is 12.5 Å². The number of hydrogen-bond donors (Lipinski definition) is 2. The maximum Gasteiger partial charge on any atom is 0.419 e. The maximum absolute atomic E-state index is 13.1. The van der Waals surface area contributed by atoms with Gasteiger partial charge in [0.2, 0.25) is 5.91 Å². The van der Waals surface area contributed by atoms with E-state index in [1.807, 2.05) is 0 Å². The van der Waals surface area contributed by atoms with Gasteiger partial charge in [-0.15, -0.1) is 0 Å². The van der Waals surface area contributed by atoms with Gasteiger partial charge in [-0.2, -0.15) is 13.2 Å². The molecule has 116 valence electrons. The summed E-state index contributed by atoms with van der Waals surface area (Å²) >= 11 is 0. The molecule has 7 heteroatoms. The van der Waals surface area contributed by atoms with Crippen LogP contribution in [0.25, 0.3) is 0 Å². The van der Waals surface area contributed by atoms with Crippen LogP contribution >= 0.6 is 0 Å². The van der Waals surface area contributed by atoms with E-state index in [-0.39, 0.29) is 17.5 Å². The third-order valence-electron chi connectivity index (χ3n) is 3.94. The highest BCUT2D eigenvalue weighted by molar-refractivity contribution is 5.91. The zero-order valence-electron chi connectivity index (χ0n) is 11.3. The number of hydrogen-bond acceptors (Lipinski definition) is 2. The monoisotopic (exact) mass is 304 g/mol. The van der Waals surface area contributed by atoms with Gasteiger partial charge in [0.05, 0.1) is 5.56 Å². The molecule has 21 heavy (non-hydrogen) atoms. The van der Waals surface area contributed by atoms with Crippen LogP contribution in [0, 0.1) is 11.2 Å². The summed E-state index contributed by atoms with van der Waals surface area (Å²) in [6.45, 7) is 0.373. The van der Waals surface area contributed by atoms with Crippen molar-refractivity contribution in [2.24, 2.45) is 11.1 Å². The summed E-state index contributed by atoms with van der Waals surface area (Å²) in [5.41, 5.74) is 3.93. The minimum absolute atomic E-state index is 0.0692. The summed E-state index contributed by atoms with van der Waals surface area (Å²) in [6, 6.07) is 2.40. The molecule has 0 aliphatic heterocycles. The lowest BCUT2D eigenvalue weighted by Gasteiger charge is -2.40. The predicted molar refractivity (Wildman–Crippen MR) is 70.0 cm³/mol. The highest BCUT2D eigenvalue weighted by atomic mass is 19.4. The zero-order valence-corrected chi connectivity index (χ0v) is 11.3. The Bertz CT molecular complexity index is 533. The average Bonchev–Trinajstić information content (AvgIpc) is 2.35. The first-order chi connectivity index (χ1) is 9.76. The van der Waals surface area contributed by atoms with Crippen molar-refractivity contribution in [1.29, 1.82) is 0 Å². The second-order valence-corrected chi connectivity index (χ2v) is 5.48. The predicted octanol–water partition coefficient (Wildman–Crippen LogP) is 3.30. The molecule has 0 saturated heterocycles. The first kappa shape index (κ1) is 15.8. The van der Waals surface area contributed by atoms with E-state index < -0.39 is 23.5 Å². The summed E-state index contributed by atoms with van der Waals surface area (Å²) in [5.74, 6) is -1.77. The van der Waals surface area contributed by atoms with Crippen molar-refractivity contribution < 1.29 is 22.4 Å². The van der Waals surface area contributed by atoms with Crippen LogP contribution in [0.3, 0.4) is 0 Å². The van der Waals surface area contributed by atoms with Gasteiger partial charge in [-0.1, -0.05) is 6.42 Å². The summed E-state index contributed by atoms with van der Waals surface area (Å²) in [6.07, 6.45) is -1.94. The Morgan fingerprint density at radius 3 is 2.48 bits per heavy atom. The molecule has 1 aliphatic carbocycles. The van der Waals surface area contributed by atoms with Gasteiger partial charge in [-0.3, -0.25) is 4.79 Å². The number of nitrogens with two attached hydrogens (primary N) is 1. The number of nitrogens with one attached hydrogen (secondary N) is 1. The molecule has 1 aromatic rings. The fraction of sp³-hybridized carbons (Fsp3) is 0.500. The number of rotatable bonds is 4. The Kier molecular flexibility index (Phi) is 4.22. The van der Waals surface area contributed by atoms with Crippen LogP contribution in [0.4, 0.5) is 23.2 Å². The Hall–Kier alpha value is -1.63. The second kappa shape index (κ2) is 5.63. The summed E-state index contributed by atoms with van der Waals surface area (Å²) < 4.78 is 50.9. The third-order valence-corrected chi connectivity index (χ3v) is 3.94. The normalized spacial score (nSPS) is 17.2. The molecule has 3 N–H and O–H groups in total. The van der Waals surface area contributed by atoms with Crippen molar-refractivity contribution in [2.75, 3.05) is 11.9 Å². The fourth-order valence-electron chi connectivity index (χ4n) is 2.50. The van der Waals surface area contributed by atoms with Crippen molar-refractivity contribution in [3.8, 4) is 0 Å². The Morgan fingerprint density at radius 2 is 2.00 bits per heavy atom. The molecule has 1 aliphatic rings. The zero-order chi connectivity index (χ0) is 15.7. The number of carbonyl (C=O) groups is 1. The van der Waals surface area contributed by atoms with Crippen molar-refractivity contribution in [3.05, 3.63) is 29.6 Å². The maximum atomic E-state index is 13.1. The fourth-order valence-corrected chi connectivity index (χ4v) is 2.50. The largest absolute Gasteiger partial charge is 0.419 e. The highest BCUT2D eigenvalue weighted by Gasteiger charge is 2.38. The first-order valence-corrected chi connectivity index (χ1v) is 6.62. The van der Waals surface area contributed by atoms with E-state index >= 15 is 0 Å². The first-order valence-electron chi connectivity index (χ1n) is 6.62. The number of halogens is 4. The van der Waals surface area contributed by atoms with Crippen molar-refractivity contribution in [3.63, 3.8) is 0 Å². The van der Waals surface area contributed by atoms with Crippen molar-refractivity contribution in [1.82, 2.24) is 0 Å². The SMILES string of the molecule is NCC1(CC(=O)Nc2ccc(F)c(C(F)(F)F)c2)CCC1. The van der Waals surface area contributed by atoms with Crippen LogP contribution in [0.5, 0.6) is 0 Å². The smallest absolute Gasteiger partial charge is 0.330 e. The van der Waals surface area contributed by atoms with Gasteiger partial charge in [-0.25, -0.2) is 4.39 Å². The molecular weight excluding hydrogens is 288 g/mol. The number of carbonyl (C=O) groups excluding carboxylic acids is 1. The van der Waals surface area contributed by atoms with Gasteiger partial charge in [0.1, 0.15) is 5.82 Å². The van der Waals surface area contributed by atoms with E-state index in [0.29, 0.717) is 18.7 Å². The van der Waals surface area contributed by atoms with Crippen molar-refractivity contribution >= 4 is 11.6 Å². The lowest BCUT2D eigenvalue weighted by atomic mass is 9.66. The number of benzene rings is 1. The summed E-state index contributed by atoms with van der Waals surface area (Å²) in [7, 11) is 0. The number of amides is 1. The molecule has 1 fully saturated rings. The van der Waals surface area contributed by atoms with Gasteiger partial charge < -0.3 is 11.1 Å². The quantitative estimate of drug-likeness (QED) is 0.839. The molecule has 0 spiro atoms. The molecule has 3 nitrogen and oxygen atoms in total. The van der Waals surface area contributed by atoms with E-state index in [1.54, 1.807) is 0 Å². The molecule has 0 heterocycles. The summed E-state index contributed by atoms with van der Waals surface area (Å²) in [4.78, 5) is 11.9. The van der Waals surface area contributed by atoms with Gasteiger partial charge in [-0.05, 0) is 43.0 Å². The standard InChI is InChI=1S/C14H16F4N2O/c15-11-3-2-9(6-10(11)14(16,17)18)20-12(21)7-13(8-19)4-1-5-13/h2-3,6H,1,4-5,7-8,19H2,(H,20,21). The average molecular weight is 304 g/mol. The lowest BCUT2D eigenvalue weighted by molar-refractivity contribution is -0.140. The minimum atomic E-state index is -4.79. The molecule has 0 aromatic heterocycles. The Morgan fingerprint density at radius 1 is 1.33 bits per heavy atom. The van der Waals surface area contributed by atoms with E-state index in [4.69, 9.17) is 5.73 Å². The van der Waals surface area contributed by atoms with Gasteiger partial charge in [0, 0.05) is 12.1 Å². The third kappa shape index (κ3) is 3.53. The van der Waals surface area contributed by atoms with E-state index in [0.717, 1.165) is 25.3 Å². The molecule has 1 aromatic carbocycles. The second-order valence-electron chi connectivity index (χ2n) is 5.48. The number of alkyl halides is 3. The molecule has 1 saturated carbocycles. The van der Waals surface area contributed by atoms with Crippen LogP contribution in [0.1, 0.15) is 31.2 Å². The van der Waals surface area contributed by atoms with Crippen LogP contribution in [-0.2, 0) is 11.0 Å². The molecule has 0 unspecified atom stereocenters. The van der Waals surface area contributed by atoms with Gasteiger partial charge in [0.15, 0.2) is 0 Å². The minimum Gasteiger partial charge on any atom is -0.330 e. The van der Waals surface area contributed by atoms with E-state index in [2.05, 4.69) is 5.32 Å². The molecule has 1 amide bonds. The number of anilines is 1. The molecule has 2 rings (SSSR count). The highest BCUT2D eigenvalue weighted by Crippen LogP contribution is 2.43. The molecular formula is C14H16F4N2O. The van der Waals surface area contributed by atoms with Gasteiger partial charge >= 0.3 is 6.18 Å². The Labute approximate surface area is 119 Å². The molecule has 0 bridgehead atoms. The molecule has 0 radical (unpaired) electrons. The van der Waals surface area contributed by atoms with Crippen molar-refractivity contribution in [2.45, 2.75) is 31.9 Å². The lowest BCUT2D eigenvalue weighted by Crippen LogP contribution is -2.40. The van der Waals surface area contributed by atoms with Gasteiger partial charge in [0.25, 0.3) is 0 Å². The van der Waals surface area contributed by atoms with Crippen LogP contribution in [0.2, 0.25) is 0 Å². The van der Waals surface area contributed by atoms with E-state index in [1.165, 1.54) is 0 Å². The van der Waals surface area contributed by atoms with Crippen LogP contribution in [0.15, 0.2) is 18.2 Å². The Balaban J connectivity index is 2.08. The van der Waals surface area contributed by atoms with Crippen LogP contribution < -0.4 is 11.1 Å².